The molecule has 1 amide bonds. The van der Waals surface area contributed by atoms with Crippen molar-refractivity contribution < 1.29 is 9.18 Å². The van der Waals surface area contributed by atoms with Crippen molar-refractivity contribution >= 4 is 18.3 Å². The van der Waals surface area contributed by atoms with Crippen molar-refractivity contribution in [1.82, 2.24) is 5.32 Å². The fourth-order valence-electron chi connectivity index (χ4n) is 1.62. The summed E-state index contributed by atoms with van der Waals surface area (Å²) in [5, 5.41) is 2.83. The Morgan fingerprint density at radius 3 is 2.58 bits per heavy atom. The number of rotatable bonds is 6. The molecule has 0 saturated heterocycles. The third-order valence-corrected chi connectivity index (χ3v) is 2.96. The lowest BCUT2D eigenvalue weighted by Gasteiger charge is -2.15. The highest BCUT2D eigenvalue weighted by Crippen LogP contribution is 2.12. The van der Waals surface area contributed by atoms with Crippen LogP contribution in [0.4, 0.5) is 4.39 Å². The van der Waals surface area contributed by atoms with E-state index in [1.165, 1.54) is 6.07 Å². The minimum absolute atomic E-state index is 0. The molecule has 108 valence electrons. The Kier molecular flexibility index (Phi) is 8.35. The van der Waals surface area contributed by atoms with Gasteiger partial charge in [0, 0.05) is 12.5 Å². The highest BCUT2D eigenvalue weighted by Gasteiger charge is 2.15. The molecule has 0 bridgehead atoms. The van der Waals surface area contributed by atoms with Gasteiger partial charge in [-0.3, -0.25) is 4.79 Å². The molecular weight excluding hydrogens is 267 g/mol. The third kappa shape index (κ3) is 6.03. The molecule has 0 aliphatic carbocycles. The van der Waals surface area contributed by atoms with Gasteiger partial charge in [0.1, 0.15) is 5.82 Å². The molecule has 0 aliphatic rings. The molecule has 2 atom stereocenters. The molecule has 0 aromatic heterocycles. The average molecular weight is 289 g/mol. The zero-order valence-corrected chi connectivity index (χ0v) is 12.2. The van der Waals surface area contributed by atoms with Gasteiger partial charge in [-0.15, -0.1) is 12.4 Å². The van der Waals surface area contributed by atoms with Crippen molar-refractivity contribution in [2.75, 3.05) is 13.1 Å². The fraction of sp³-hybridized carbons (Fsp3) is 0.500. The van der Waals surface area contributed by atoms with Crippen LogP contribution in [-0.2, 0) is 11.2 Å². The molecule has 2 unspecified atom stereocenters. The average Bonchev–Trinajstić information content (AvgIpc) is 2.38. The fourth-order valence-corrected chi connectivity index (χ4v) is 1.62. The molecule has 0 aliphatic heterocycles. The third-order valence-electron chi connectivity index (χ3n) is 2.96. The monoisotopic (exact) mass is 288 g/mol. The normalized spacial score (nSPS) is 13.3. The first-order valence-corrected chi connectivity index (χ1v) is 6.25. The largest absolute Gasteiger partial charge is 0.356 e. The van der Waals surface area contributed by atoms with Gasteiger partial charge in [-0.25, -0.2) is 4.39 Å². The van der Waals surface area contributed by atoms with Crippen LogP contribution in [0.1, 0.15) is 19.4 Å². The SMILES string of the molecule is CC(CN)CNC(=O)C(C)Cc1ccccc1F.Cl. The lowest BCUT2D eigenvalue weighted by atomic mass is 9.99. The van der Waals surface area contributed by atoms with Crippen molar-refractivity contribution in [2.45, 2.75) is 20.3 Å². The topological polar surface area (TPSA) is 55.1 Å². The summed E-state index contributed by atoms with van der Waals surface area (Å²) >= 11 is 0. The number of hydrogen-bond donors (Lipinski definition) is 2. The van der Waals surface area contributed by atoms with Crippen LogP contribution in [0.5, 0.6) is 0 Å². The number of carbonyl (C=O) groups excluding carboxylic acids is 1. The number of halogens is 2. The van der Waals surface area contributed by atoms with E-state index >= 15 is 0 Å². The predicted octanol–water partition coefficient (Wildman–Crippen LogP) is 2.14. The number of nitrogens with two attached hydrogens (primary N) is 1. The van der Waals surface area contributed by atoms with Crippen LogP contribution in [-0.4, -0.2) is 19.0 Å². The summed E-state index contributed by atoms with van der Waals surface area (Å²) in [7, 11) is 0. The molecule has 1 aromatic carbocycles. The maximum atomic E-state index is 13.4. The van der Waals surface area contributed by atoms with Crippen molar-refractivity contribution in [3.8, 4) is 0 Å². The van der Waals surface area contributed by atoms with E-state index in [2.05, 4.69) is 5.32 Å². The van der Waals surface area contributed by atoms with Crippen LogP contribution in [0.2, 0.25) is 0 Å². The molecule has 0 radical (unpaired) electrons. The number of benzene rings is 1. The zero-order chi connectivity index (χ0) is 13.5. The molecule has 0 spiro atoms. The Hall–Kier alpha value is -1.13. The van der Waals surface area contributed by atoms with Crippen LogP contribution in [0, 0.1) is 17.7 Å². The number of amides is 1. The van der Waals surface area contributed by atoms with E-state index in [4.69, 9.17) is 5.73 Å². The summed E-state index contributed by atoms with van der Waals surface area (Å²) in [6, 6.07) is 6.55. The molecule has 5 heteroatoms. The number of hydrogen-bond acceptors (Lipinski definition) is 2. The van der Waals surface area contributed by atoms with Crippen LogP contribution in [0.15, 0.2) is 24.3 Å². The summed E-state index contributed by atoms with van der Waals surface area (Å²) < 4.78 is 13.4. The van der Waals surface area contributed by atoms with Gasteiger partial charge in [0.15, 0.2) is 0 Å². The lowest BCUT2D eigenvalue weighted by molar-refractivity contribution is -0.124. The van der Waals surface area contributed by atoms with Crippen LogP contribution in [0.3, 0.4) is 0 Å². The van der Waals surface area contributed by atoms with Gasteiger partial charge in [0.05, 0.1) is 0 Å². The molecular formula is C14H22ClFN2O. The van der Waals surface area contributed by atoms with Gasteiger partial charge in [-0.1, -0.05) is 32.0 Å². The van der Waals surface area contributed by atoms with E-state index in [0.29, 0.717) is 25.1 Å². The van der Waals surface area contributed by atoms with E-state index in [0.717, 1.165) is 0 Å². The van der Waals surface area contributed by atoms with E-state index in [-0.39, 0.29) is 36.0 Å². The maximum Gasteiger partial charge on any atom is 0.223 e. The number of nitrogens with one attached hydrogen (secondary N) is 1. The van der Waals surface area contributed by atoms with Crippen LogP contribution < -0.4 is 11.1 Å². The van der Waals surface area contributed by atoms with Gasteiger partial charge in [-0.2, -0.15) is 0 Å². The highest BCUT2D eigenvalue weighted by molar-refractivity contribution is 5.85. The van der Waals surface area contributed by atoms with Crippen LogP contribution >= 0.6 is 12.4 Å². The van der Waals surface area contributed by atoms with E-state index in [1.54, 1.807) is 25.1 Å². The predicted molar refractivity (Wildman–Crippen MR) is 77.7 cm³/mol. The Morgan fingerprint density at radius 2 is 2.00 bits per heavy atom. The standard InChI is InChI=1S/C14H21FN2O.ClH/c1-10(8-16)9-17-14(18)11(2)7-12-5-3-4-6-13(12)15;/h3-6,10-11H,7-9,16H2,1-2H3,(H,17,18);1H. The summed E-state index contributed by atoms with van der Waals surface area (Å²) in [5.74, 6) is -0.299. The van der Waals surface area contributed by atoms with Gasteiger partial charge in [-0.05, 0) is 30.5 Å². The molecule has 0 fully saturated rings. The van der Waals surface area contributed by atoms with E-state index < -0.39 is 0 Å². The van der Waals surface area contributed by atoms with E-state index in [1.807, 2.05) is 6.92 Å². The molecule has 0 saturated carbocycles. The highest BCUT2D eigenvalue weighted by atomic mass is 35.5. The minimum atomic E-state index is -0.257. The van der Waals surface area contributed by atoms with E-state index in [9.17, 15) is 9.18 Å². The Bertz CT molecular complexity index is 401. The van der Waals surface area contributed by atoms with Gasteiger partial charge in [0.25, 0.3) is 0 Å². The van der Waals surface area contributed by atoms with Gasteiger partial charge < -0.3 is 11.1 Å². The van der Waals surface area contributed by atoms with Crippen molar-refractivity contribution in [1.29, 1.82) is 0 Å². The van der Waals surface area contributed by atoms with Crippen LogP contribution in [0.25, 0.3) is 0 Å². The van der Waals surface area contributed by atoms with Gasteiger partial charge >= 0.3 is 0 Å². The molecule has 19 heavy (non-hydrogen) atoms. The zero-order valence-electron chi connectivity index (χ0n) is 11.4. The molecule has 3 N–H and O–H groups in total. The summed E-state index contributed by atoms with van der Waals surface area (Å²) in [6.07, 6.45) is 0.412. The lowest BCUT2D eigenvalue weighted by Crippen LogP contribution is -2.35. The second-order valence-corrected chi connectivity index (χ2v) is 4.78. The second kappa shape index (κ2) is 8.88. The molecule has 1 rings (SSSR count). The Labute approximate surface area is 120 Å². The summed E-state index contributed by atoms with van der Waals surface area (Å²) in [6.45, 7) is 4.88. The minimum Gasteiger partial charge on any atom is -0.356 e. The van der Waals surface area contributed by atoms with Crippen molar-refractivity contribution in [3.05, 3.63) is 35.6 Å². The first kappa shape index (κ1) is 17.9. The Balaban J connectivity index is 0.00000324. The summed E-state index contributed by atoms with van der Waals surface area (Å²) in [5.41, 5.74) is 6.05. The Morgan fingerprint density at radius 1 is 1.37 bits per heavy atom. The first-order chi connectivity index (χ1) is 8.54. The molecule has 3 nitrogen and oxygen atoms in total. The summed E-state index contributed by atoms with van der Waals surface area (Å²) in [4.78, 5) is 11.8. The second-order valence-electron chi connectivity index (χ2n) is 4.78. The van der Waals surface area contributed by atoms with Crippen molar-refractivity contribution in [3.63, 3.8) is 0 Å². The van der Waals surface area contributed by atoms with Crippen molar-refractivity contribution in [2.24, 2.45) is 17.6 Å². The van der Waals surface area contributed by atoms with Gasteiger partial charge in [0.2, 0.25) is 5.91 Å². The smallest absolute Gasteiger partial charge is 0.223 e. The maximum absolute atomic E-state index is 13.4. The number of carbonyl (C=O) groups is 1. The molecule has 1 aromatic rings. The molecule has 0 heterocycles. The quantitative estimate of drug-likeness (QED) is 0.843. The first-order valence-electron chi connectivity index (χ1n) is 6.25.